The molecule has 0 spiro atoms. The highest BCUT2D eigenvalue weighted by Gasteiger charge is 2.14. The van der Waals surface area contributed by atoms with Gasteiger partial charge in [-0.05, 0) is 24.1 Å². The molecule has 0 saturated heterocycles. The molecule has 94 valence electrons. The van der Waals surface area contributed by atoms with Crippen LogP contribution in [0.5, 0.6) is 0 Å². The predicted octanol–water partition coefficient (Wildman–Crippen LogP) is 1.76. The second-order valence-corrected chi connectivity index (χ2v) is 3.96. The van der Waals surface area contributed by atoms with Crippen molar-refractivity contribution in [3.05, 3.63) is 29.8 Å². The van der Waals surface area contributed by atoms with E-state index >= 15 is 0 Å². The first-order valence-corrected chi connectivity index (χ1v) is 5.80. The van der Waals surface area contributed by atoms with Gasteiger partial charge in [-0.1, -0.05) is 19.1 Å². The highest BCUT2D eigenvalue weighted by atomic mass is 16.5. The zero-order valence-corrected chi connectivity index (χ0v) is 10.4. The first-order chi connectivity index (χ1) is 8.21. The summed E-state index contributed by atoms with van der Waals surface area (Å²) >= 11 is 0. The SMILES string of the molecule is CCC(CN)C(=O)Nc1cccc(COC)c1. The highest BCUT2D eigenvalue weighted by molar-refractivity contribution is 5.92. The zero-order chi connectivity index (χ0) is 12.7. The summed E-state index contributed by atoms with van der Waals surface area (Å²) < 4.78 is 5.04. The molecule has 17 heavy (non-hydrogen) atoms. The number of methoxy groups -OCH3 is 1. The number of ether oxygens (including phenoxy) is 1. The third kappa shape index (κ3) is 4.17. The van der Waals surface area contributed by atoms with E-state index in [0.717, 1.165) is 17.7 Å². The summed E-state index contributed by atoms with van der Waals surface area (Å²) in [6.07, 6.45) is 0.750. The van der Waals surface area contributed by atoms with Crippen LogP contribution in [-0.2, 0) is 16.1 Å². The van der Waals surface area contributed by atoms with Crippen molar-refractivity contribution in [1.82, 2.24) is 0 Å². The number of anilines is 1. The van der Waals surface area contributed by atoms with Crippen LogP contribution in [-0.4, -0.2) is 19.6 Å². The molecular weight excluding hydrogens is 216 g/mol. The summed E-state index contributed by atoms with van der Waals surface area (Å²) in [6.45, 7) is 2.87. The molecule has 0 saturated carbocycles. The molecule has 0 bridgehead atoms. The maximum atomic E-state index is 11.8. The molecule has 0 aliphatic rings. The van der Waals surface area contributed by atoms with Crippen molar-refractivity contribution < 1.29 is 9.53 Å². The third-order valence-electron chi connectivity index (χ3n) is 2.65. The van der Waals surface area contributed by atoms with Crippen molar-refractivity contribution in [2.45, 2.75) is 20.0 Å². The maximum Gasteiger partial charge on any atom is 0.228 e. The van der Waals surface area contributed by atoms with Crippen LogP contribution in [0.1, 0.15) is 18.9 Å². The number of carbonyl (C=O) groups is 1. The lowest BCUT2D eigenvalue weighted by Crippen LogP contribution is -2.28. The summed E-state index contributed by atoms with van der Waals surface area (Å²) in [5, 5.41) is 2.87. The van der Waals surface area contributed by atoms with Gasteiger partial charge in [-0.25, -0.2) is 0 Å². The Labute approximate surface area is 102 Å². The lowest BCUT2D eigenvalue weighted by Gasteiger charge is -2.13. The van der Waals surface area contributed by atoms with Gasteiger partial charge in [0.15, 0.2) is 0 Å². The van der Waals surface area contributed by atoms with Crippen molar-refractivity contribution in [1.29, 1.82) is 0 Å². The molecule has 1 aromatic carbocycles. The van der Waals surface area contributed by atoms with E-state index in [9.17, 15) is 4.79 Å². The Kier molecular flexibility index (Phi) is 5.66. The van der Waals surface area contributed by atoms with Crippen LogP contribution in [0.2, 0.25) is 0 Å². The Morgan fingerprint density at radius 1 is 1.53 bits per heavy atom. The minimum Gasteiger partial charge on any atom is -0.380 e. The number of hydrogen-bond donors (Lipinski definition) is 2. The number of nitrogens with two attached hydrogens (primary N) is 1. The molecule has 1 atom stereocenters. The van der Waals surface area contributed by atoms with Crippen molar-refractivity contribution in [3.63, 3.8) is 0 Å². The first kappa shape index (κ1) is 13.7. The summed E-state index contributed by atoms with van der Waals surface area (Å²) in [5.74, 6) is -0.148. The highest BCUT2D eigenvalue weighted by Crippen LogP contribution is 2.13. The fraction of sp³-hybridized carbons (Fsp3) is 0.462. The van der Waals surface area contributed by atoms with Crippen LogP contribution in [0.4, 0.5) is 5.69 Å². The number of benzene rings is 1. The average Bonchev–Trinajstić information content (AvgIpc) is 2.31. The van der Waals surface area contributed by atoms with Crippen molar-refractivity contribution in [3.8, 4) is 0 Å². The van der Waals surface area contributed by atoms with E-state index in [4.69, 9.17) is 10.5 Å². The van der Waals surface area contributed by atoms with E-state index in [1.807, 2.05) is 31.2 Å². The summed E-state index contributed by atoms with van der Waals surface area (Å²) in [5.41, 5.74) is 7.36. The predicted molar refractivity (Wildman–Crippen MR) is 68.6 cm³/mol. The van der Waals surface area contributed by atoms with Gasteiger partial charge in [0.25, 0.3) is 0 Å². The lowest BCUT2D eigenvalue weighted by atomic mass is 10.1. The third-order valence-corrected chi connectivity index (χ3v) is 2.65. The van der Waals surface area contributed by atoms with Crippen LogP contribution in [0.15, 0.2) is 24.3 Å². The average molecular weight is 236 g/mol. The maximum absolute atomic E-state index is 11.8. The topological polar surface area (TPSA) is 64.4 Å². The van der Waals surface area contributed by atoms with Crippen LogP contribution in [0, 0.1) is 5.92 Å². The van der Waals surface area contributed by atoms with Gasteiger partial charge < -0.3 is 15.8 Å². The van der Waals surface area contributed by atoms with Crippen molar-refractivity contribution >= 4 is 11.6 Å². The number of hydrogen-bond acceptors (Lipinski definition) is 3. The Morgan fingerprint density at radius 3 is 2.88 bits per heavy atom. The molecule has 0 heterocycles. The second-order valence-electron chi connectivity index (χ2n) is 3.96. The number of nitrogens with one attached hydrogen (secondary N) is 1. The standard InChI is InChI=1S/C13H20N2O2/c1-3-11(8-14)13(16)15-12-6-4-5-10(7-12)9-17-2/h4-7,11H,3,8-9,14H2,1-2H3,(H,15,16). The fourth-order valence-corrected chi connectivity index (χ4v) is 1.61. The molecule has 1 unspecified atom stereocenters. The van der Waals surface area contributed by atoms with Gasteiger partial charge in [0.1, 0.15) is 0 Å². The monoisotopic (exact) mass is 236 g/mol. The number of amides is 1. The van der Waals surface area contributed by atoms with Crippen LogP contribution < -0.4 is 11.1 Å². The van der Waals surface area contributed by atoms with Gasteiger partial charge in [-0.2, -0.15) is 0 Å². The molecule has 0 aromatic heterocycles. The molecule has 0 aliphatic heterocycles. The van der Waals surface area contributed by atoms with E-state index in [0.29, 0.717) is 13.2 Å². The van der Waals surface area contributed by atoms with E-state index in [1.165, 1.54) is 0 Å². The van der Waals surface area contributed by atoms with Gasteiger partial charge in [0, 0.05) is 19.3 Å². The minimum absolute atomic E-state index is 0.0235. The molecule has 1 amide bonds. The molecule has 0 fully saturated rings. The van der Waals surface area contributed by atoms with Gasteiger partial charge in [-0.15, -0.1) is 0 Å². The number of rotatable bonds is 6. The van der Waals surface area contributed by atoms with Crippen molar-refractivity contribution in [2.24, 2.45) is 11.7 Å². The van der Waals surface area contributed by atoms with Crippen LogP contribution >= 0.6 is 0 Å². The minimum atomic E-state index is -0.124. The van der Waals surface area contributed by atoms with Gasteiger partial charge in [0.2, 0.25) is 5.91 Å². The quantitative estimate of drug-likeness (QED) is 0.791. The van der Waals surface area contributed by atoms with Gasteiger partial charge >= 0.3 is 0 Å². The molecule has 3 N–H and O–H groups in total. The van der Waals surface area contributed by atoms with E-state index in [1.54, 1.807) is 7.11 Å². The van der Waals surface area contributed by atoms with Crippen LogP contribution in [0.25, 0.3) is 0 Å². The fourth-order valence-electron chi connectivity index (χ4n) is 1.61. The first-order valence-electron chi connectivity index (χ1n) is 5.80. The van der Waals surface area contributed by atoms with E-state index < -0.39 is 0 Å². The smallest absolute Gasteiger partial charge is 0.228 e. The Bertz CT molecular complexity index is 362. The molecule has 0 radical (unpaired) electrons. The van der Waals surface area contributed by atoms with E-state index in [-0.39, 0.29) is 11.8 Å². The Morgan fingerprint density at radius 2 is 2.29 bits per heavy atom. The summed E-state index contributed by atoms with van der Waals surface area (Å²) in [6, 6.07) is 7.62. The molecule has 0 aliphatic carbocycles. The molecular formula is C13H20N2O2. The molecule has 1 aromatic rings. The molecule has 4 nitrogen and oxygen atoms in total. The van der Waals surface area contributed by atoms with E-state index in [2.05, 4.69) is 5.32 Å². The largest absolute Gasteiger partial charge is 0.380 e. The summed E-state index contributed by atoms with van der Waals surface area (Å²) in [4.78, 5) is 11.8. The molecule has 4 heteroatoms. The lowest BCUT2D eigenvalue weighted by molar-refractivity contribution is -0.119. The molecule has 1 rings (SSSR count). The Hall–Kier alpha value is -1.39. The van der Waals surface area contributed by atoms with Crippen LogP contribution in [0.3, 0.4) is 0 Å². The zero-order valence-electron chi connectivity index (χ0n) is 10.4. The second kappa shape index (κ2) is 7.04. The van der Waals surface area contributed by atoms with Gasteiger partial charge in [0.05, 0.1) is 12.5 Å². The van der Waals surface area contributed by atoms with Gasteiger partial charge in [-0.3, -0.25) is 4.79 Å². The van der Waals surface area contributed by atoms with Crippen molar-refractivity contribution in [2.75, 3.05) is 19.0 Å². The summed E-state index contributed by atoms with van der Waals surface area (Å²) in [7, 11) is 1.65. The normalized spacial score (nSPS) is 12.2. The number of carbonyl (C=O) groups excluding carboxylic acids is 1. The Balaban J connectivity index is 2.67.